The molecule has 30 heteroatoms. The molecule has 420 valence electrons. The first-order chi connectivity index (χ1) is 35.6. The van der Waals surface area contributed by atoms with Crippen LogP contribution >= 0.6 is 0 Å². The van der Waals surface area contributed by atoms with Crippen LogP contribution in [0.5, 0.6) is 0 Å². The first-order valence-corrected chi connectivity index (χ1v) is 30.3. The van der Waals surface area contributed by atoms with Gasteiger partial charge in [0.2, 0.25) is 11.6 Å². The standard InChI is InChI=1S/C49H66N4O19S4.3K/c1-48(2)39-35-37(75(63,64)65)14-16-41(39)51(22-9-33-73(57,58)59)43(48)11-5-4-6-12-44-49(3,40-36-38(76(66,67)68)15-17-42(40)52(44)23-10-34-74(60,61)62)20-8-7-13-45(54)50-21-25-69-27-29-71-31-32-72-30-28-70-26-24-53-46(55)18-19-47(53)56;;;/h4-6,11-12,14-19,35-36H,7-10,13,20-34H2,1-3H3,(H4-,50,54,57,58,59,60,61,62,63,64,65,66,67,68);;;/q;3*+1/p-3. The molecule has 0 radical (unpaired) electrons. The minimum atomic E-state index is -4.92. The number of hydrogen-bond acceptors (Lipinski definition) is 20. The van der Waals surface area contributed by atoms with Gasteiger partial charge >= 0.3 is 154 Å². The maximum absolute atomic E-state index is 12.8. The summed E-state index contributed by atoms with van der Waals surface area (Å²) in [6, 6.07) is 7.75. The van der Waals surface area contributed by atoms with Crippen LogP contribution < -0.4 is 164 Å². The summed E-state index contributed by atoms with van der Waals surface area (Å²) in [5, 5.41) is 2.80. The minimum Gasteiger partial charge on any atom is -0.748 e. The van der Waals surface area contributed by atoms with E-state index in [0.29, 0.717) is 79.6 Å². The number of carbonyl (C=O) groups is 3. The summed E-state index contributed by atoms with van der Waals surface area (Å²) in [6.45, 7) is 8.07. The number of unbranched alkanes of at least 4 members (excludes halogenated alkanes) is 1. The summed E-state index contributed by atoms with van der Waals surface area (Å²) < 4.78 is 166. The third-order valence-corrected chi connectivity index (χ3v) is 16.0. The summed E-state index contributed by atoms with van der Waals surface area (Å²) in [5.41, 5.74) is 1.12. The number of hydrogen-bond donors (Lipinski definition) is 1. The van der Waals surface area contributed by atoms with Gasteiger partial charge in [-0.1, -0.05) is 24.6 Å². The summed E-state index contributed by atoms with van der Waals surface area (Å²) >= 11 is 0. The Morgan fingerprint density at radius 3 is 1.73 bits per heavy atom. The van der Waals surface area contributed by atoms with Crippen LogP contribution in [0.15, 0.2) is 94.4 Å². The molecule has 3 heterocycles. The quantitative estimate of drug-likeness (QED) is 0.0173. The molecule has 3 aliphatic rings. The van der Waals surface area contributed by atoms with Crippen molar-refractivity contribution in [2.45, 2.75) is 79.9 Å². The van der Waals surface area contributed by atoms with Crippen molar-refractivity contribution in [1.29, 1.82) is 0 Å². The molecule has 0 saturated heterocycles. The second kappa shape index (κ2) is 34.3. The number of fused-ring (bicyclic) bond motifs is 2. The minimum absolute atomic E-state index is 0. The van der Waals surface area contributed by atoms with Crippen LogP contribution in [-0.4, -0.2) is 175 Å². The summed E-state index contributed by atoms with van der Waals surface area (Å²) in [6.07, 6.45) is 11.9. The van der Waals surface area contributed by atoms with Gasteiger partial charge < -0.3 is 47.4 Å². The van der Waals surface area contributed by atoms with Crippen molar-refractivity contribution < 1.29 is 244 Å². The van der Waals surface area contributed by atoms with Gasteiger partial charge in [0.1, 0.15) is 26.8 Å². The Morgan fingerprint density at radius 2 is 1.16 bits per heavy atom. The molecule has 0 aromatic heterocycles. The predicted octanol–water partition coefficient (Wildman–Crippen LogP) is -6.80. The number of allylic oxidation sites excluding steroid dienone is 6. The average molecular weight is 1260 g/mol. The molecule has 1 unspecified atom stereocenters. The summed E-state index contributed by atoms with van der Waals surface area (Å²) in [5.74, 6) is -2.32. The molecule has 79 heavy (non-hydrogen) atoms. The topological polar surface area (TPSA) is 338 Å². The third-order valence-electron chi connectivity index (χ3n) is 12.8. The average Bonchev–Trinajstić information content (AvgIpc) is 3.86. The molecule has 1 N–H and O–H groups in total. The molecule has 23 nitrogen and oxygen atoms in total. The number of rotatable bonds is 33. The van der Waals surface area contributed by atoms with Crippen LogP contribution in [0, 0.1) is 0 Å². The van der Waals surface area contributed by atoms with Gasteiger partial charge in [-0.3, -0.25) is 19.3 Å². The Labute approximate surface area is 591 Å². The number of imide groups is 1. The Bertz CT molecular complexity index is 3060. The predicted molar refractivity (Wildman–Crippen MR) is 272 cm³/mol. The van der Waals surface area contributed by atoms with E-state index in [9.17, 15) is 66.3 Å². The van der Waals surface area contributed by atoms with Gasteiger partial charge in [-0.05, 0) is 82.0 Å². The monoisotopic (exact) mass is 1260 g/mol. The van der Waals surface area contributed by atoms with Crippen LogP contribution in [0.2, 0.25) is 0 Å². The van der Waals surface area contributed by atoms with Crippen molar-refractivity contribution in [2.75, 3.05) is 95.4 Å². The van der Waals surface area contributed by atoms with E-state index in [1.54, 1.807) is 53.7 Å². The summed E-state index contributed by atoms with van der Waals surface area (Å²) in [7, 11) is -18.9. The zero-order valence-electron chi connectivity index (χ0n) is 45.4. The van der Waals surface area contributed by atoms with E-state index in [1.807, 2.05) is 6.92 Å². The maximum Gasteiger partial charge on any atom is 1.00 e. The third kappa shape index (κ3) is 23.2. The van der Waals surface area contributed by atoms with E-state index in [2.05, 4.69) is 5.32 Å². The molecule has 3 aliphatic heterocycles. The van der Waals surface area contributed by atoms with Crippen LogP contribution in [0.25, 0.3) is 0 Å². The largest absolute Gasteiger partial charge is 1.00 e. The fourth-order valence-electron chi connectivity index (χ4n) is 9.08. The van der Waals surface area contributed by atoms with Crippen LogP contribution in [0.1, 0.15) is 70.4 Å². The Balaban J connectivity index is 0.00000711. The van der Waals surface area contributed by atoms with E-state index in [1.165, 1.54) is 36.4 Å². The van der Waals surface area contributed by atoms with Crippen molar-refractivity contribution in [2.24, 2.45) is 0 Å². The van der Waals surface area contributed by atoms with E-state index < -0.39 is 72.6 Å². The Morgan fingerprint density at radius 1 is 0.633 bits per heavy atom. The fourth-order valence-corrected chi connectivity index (χ4v) is 11.0. The van der Waals surface area contributed by atoms with Crippen LogP contribution in [-0.2, 0) is 84.6 Å². The number of nitrogens with zero attached hydrogens (tertiary/aromatic N) is 3. The van der Waals surface area contributed by atoms with E-state index in [0.717, 1.165) is 17.0 Å². The molecule has 2 aromatic carbocycles. The second-order valence-electron chi connectivity index (χ2n) is 18.6. The molecule has 0 fully saturated rings. The zero-order valence-corrected chi connectivity index (χ0v) is 58.0. The van der Waals surface area contributed by atoms with Crippen LogP contribution in [0.3, 0.4) is 0 Å². The Hall–Kier alpha value is -0.131. The van der Waals surface area contributed by atoms with Gasteiger partial charge in [-0.15, -0.1) is 0 Å². The molecule has 3 amide bonds. The summed E-state index contributed by atoms with van der Waals surface area (Å²) in [4.78, 5) is 37.8. The van der Waals surface area contributed by atoms with E-state index in [4.69, 9.17) is 18.9 Å². The first kappa shape index (κ1) is 75.0. The number of amides is 3. The van der Waals surface area contributed by atoms with E-state index in [-0.39, 0.29) is 244 Å². The Kier molecular flexibility index (Phi) is 32.5. The normalized spacial score (nSPS) is 17.6. The number of ether oxygens (including phenoxy) is 4. The smallest absolute Gasteiger partial charge is 0.748 e. The van der Waals surface area contributed by atoms with Gasteiger partial charge in [-0.25, -0.2) is 33.7 Å². The SMILES string of the molecule is CC1(C)C(/C=C/C=C/C=C2/N(CCCS(=O)(=O)[O-])c3ccc(S(=O)(=O)[O-])cc3C2(C)CCCCC(=O)NCCOCCOCCOCCOCCN2C(=O)C=CC2=O)=[N+](CCCS(=O)(=O)[O-])c2ccc(S(=O)(=O)[O-])cc21.[K+].[K+].[K+]. The van der Waals surface area contributed by atoms with Crippen molar-refractivity contribution in [3.63, 3.8) is 0 Å². The molecule has 2 aromatic rings. The fraction of sp³-hybridized carbons (Fsp3) is 0.510. The first-order valence-electron chi connectivity index (χ1n) is 24.3. The molecular formula is C49H63K3N4O19S4. The number of anilines is 1. The molecule has 0 spiro atoms. The van der Waals surface area contributed by atoms with Gasteiger partial charge in [-0.2, -0.15) is 4.58 Å². The van der Waals surface area contributed by atoms with Crippen molar-refractivity contribution in [3.8, 4) is 0 Å². The van der Waals surface area contributed by atoms with Crippen LogP contribution in [0.4, 0.5) is 11.4 Å². The molecule has 0 saturated carbocycles. The zero-order chi connectivity index (χ0) is 56.0. The number of carbonyl (C=O) groups excluding carboxylic acids is 3. The van der Waals surface area contributed by atoms with E-state index >= 15 is 0 Å². The molecule has 5 rings (SSSR count). The molecular weight excluding hydrogens is 1190 g/mol. The van der Waals surface area contributed by atoms with Gasteiger partial charge in [0.05, 0.1) is 94.8 Å². The van der Waals surface area contributed by atoms with Crippen molar-refractivity contribution >= 4 is 75.3 Å². The van der Waals surface area contributed by atoms with Gasteiger partial charge in [0.15, 0.2) is 5.71 Å². The number of benzene rings is 2. The molecule has 1 atom stereocenters. The second-order valence-corrected chi connectivity index (χ2v) is 24.4. The molecule has 0 aliphatic carbocycles. The van der Waals surface area contributed by atoms with Crippen molar-refractivity contribution in [3.05, 3.63) is 95.8 Å². The molecule has 0 bridgehead atoms. The maximum atomic E-state index is 12.8. The van der Waals surface area contributed by atoms with Gasteiger partial charge in [0, 0.05) is 84.1 Å². The van der Waals surface area contributed by atoms with Gasteiger partial charge in [0.25, 0.3) is 11.8 Å². The number of nitrogens with one attached hydrogen (secondary N) is 1. The van der Waals surface area contributed by atoms with Crippen molar-refractivity contribution in [1.82, 2.24) is 10.2 Å².